The first-order valence-corrected chi connectivity index (χ1v) is 12.9. The molecule has 2 aromatic heterocycles. The van der Waals surface area contributed by atoms with Crippen molar-refractivity contribution in [2.45, 2.75) is 31.6 Å². The number of carbonyl (C=O) groups excluding carboxylic acids is 1. The maximum absolute atomic E-state index is 13.1. The summed E-state index contributed by atoms with van der Waals surface area (Å²) in [5, 5.41) is 6.50. The summed E-state index contributed by atoms with van der Waals surface area (Å²) in [5.41, 5.74) is 2.02. The first kappa shape index (κ1) is 23.4. The Kier molecular flexibility index (Phi) is 6.82. The number of carbonyl (C=O) groups is 1. The fraction of sp³-hybridized carbons (Fsp3) is 0.409. The predicted molar refractivity (Wildman–Crippen MR) is 124 cm³/mol. The van der Waals surface area contributed by atoms with E-state index in [1.54, 1.807) is 25.9 Å². The van der Waals surface area contributed by atoms with Gasteiger partial charge in [-0.1, -0.05) is 5.16 Å². The van der Waals surface area contributed by atoms with Gasteiger partial charge in [0.1, 0.15) is 21.3 Å². The first-order chi connectivity index (χ1) is 15.8. The van der Waals surface area contributed by atoms with Crippen molar-refractivity contribution in [2.75, 3.05) is 33.3 Å². The molecular formula is C22H26N4O5S2. The summed E-state index contributed by atoms with van der Waals surface area (Å²) in [7, 11) is -2.10. The van der Waals surface area contributed by atoms with Crippen LogP contribution in [0.3, 0.4) is 0 Å². The summed E-state index contributed by atoms with van der Waals surface area (Å²) in [6.45, 7) is 4.61. The Balaban J connectivity index is 1.40. The van der Waals surface area contributed by atoms with Crippen molar-refractivity contribution in [1.29, 1.82) is 0 Å². The van der Waals surface area contributed by atoms with E-state index in [0.717, 1.165) is 16.3 Å². The number of amides is 1. The largest absolute Gasteiger partial charge is 0.497 e. The number of hydrogen-bond acceptors (Lipinski definition) is 8. The molecule has 33 heavy (non-hydrogen) atoms. The predicted octanol–water partition coefficient (Wildman–Crippen LogP) is 2.89. The molecule has 0 spiro atoms. The third-order valence-electron chi connectivity index (χ3n) is 5.59. The Morgan fingerprint density at radius 1 is 1.15 bits per heavy atom. The van der Waals surface area contributed by atoms with Crippen LogP contribution in [-0.2, 0) is 21.2 Å². The minimum Gasteiger partial charge on any atom is -0.497 e. The summed E-state index contributed by atoms with van der Waals surface area (Å²) < 4.78 is 37.8. The molecule has 0 bridgehead atoms. The zero-order valence-corrected chi connectivity index (χ0v) is 20.4. The number of rotatable bonds is 6. The van der Waals surface area contributed by atoms with E-state index < -0.39 is 10.0 Å². The van der Waals surface area contributed by atoms with Crippen LogP contribution in [0.5, 0.6) is 5.75 Å². The average molecular weight is 491 g/mol. The highest BCUT2D eigenvalue weighted by Crippen LogP contribution is 2.27. The average Bonchev–Trinajstić information content (AvgIpc) is 3.30. The lowest BCUT2D eigenvalue weighted by atomic mass is 10.2. The van der Waals surface area contributed by atoms with Crippen LogP contribution in [0.4, 0.5) is 0 Å². The molecule has 0 aliphatic carbocycles. The molecule has 1 aromatic carbocycles. The van der Waals surface area contributed by atoms with E-state index >= 15 is 0 Å². The molecule has 1 saturated heterocycles. The van der Waals surface area contributed by atoms with E-state index in [9.17, 15) is 13.2 Å². The lowest BCUT2D eigenvalue weighted by molar-refractivity contribution is -0.130. The van der Waals surface area contributed by atoms with Crippen molar-refractivity contribution in [1.82, 2.24) is 19.3 Å². The summed E-state index contributed by atoms with van der Waals surface area (Å²) in [4.78, 5) is 19.4. The van der Waals surface area contributed by atoms with Crippen LogP contribution in [-0.4, -0.2) is 67.0 Å². The van der Waals surface area contributed by atoms with Gasteiger partial charge in [0, 0.05) is 37.1 Å². The fourth-order valence-corrected chi connectivity index (χ4v) is 6.46. The van der Waals surface area contributed by atoms with Gasteiger partial charge in [-0.2, -0.15) is 4.31 Å². The van der Waals surface area contributed by atoms with Crippen LogP contribution < -0.4 is 4.74 Å². The first-order valence-electron chi connectivity index (χ1n) is 10.6. The van der Waals surface area contributed by atoms with E-state index in [-0.39, 0.29) is 29.5 Å². The fourth-order valence-electron chi connectivity index (χ4n) is 3.88. The standard InChI is InChI=1S/C22H26N4O5S2/c1-15-21(16(2)31-24-15)33(28,29)26-10-4-9-25(11-12-26)20(27)13-18-14-32-22(23-18)17-5-7-19(30-3)8-6-17/h5-8,14H,4,9-13H2,1-3H3. The van der Waals surface area contributed by atoms with Crippen molar-refractivity contribution < 1.29 is 22.5 Å². The Morgan fingerprint density at radius 3 is 2.58 bits per heavy atom. The van der Waals surface area contributed by atoms with Gasteiger partial charge in [0.15, 0.2) is 5.76 Å². The minimum atomic E-state index is -3.72. The molecule has 0 saturated carbocycles. The topological polar surface area (TPSA) is 106 Å². The second-order valence-corrected chi connectivity index (χ2v) is 10.6. The van der Waals surface area contributed by atoms with Crippen LogP contribution in [0.2, 0.25) is 0 Å². The van der Waals surface area contributed by atoms with Gasteiger partial charge < -0.3 is 14.2 Å². The monoisotopic (exact) mass is 490 g/mol. The second-order valence-electron chi connectivity index (χ2n) is 7.84. The van der Waals surface area contributed by atoms with E-state index in [4.69, 9.17) is 9.26 Å². The van der Waals surface area contributed by atoms with Gasteiger partial charge in [-0.05, 0) is 44.5 Å². The van der Waals surface area contributed by atoms with Crippen molar-refractivity contribution in [3.63, 3.8) is 0 Å². The van der Waals surface area contributed by atoms with Crippen LogP contribution in [0.1, 0.15) is 23.6 Å². The number of ether oxygens (including phenoxy) is 1. The molecule has 11 heteroatoms. The van der Waals surface area contributed by atoms with Crippen LogP contribution in [0.25, 0.3) is 10.6 Å². The van der Waals surface area contributed by atoms with Gasteiger partial charge >= 0.3 is 0 Å². The molecule has 0 unspecified atom stereocenters. The summed E-state index contributed by atoms with van der Waals surface area (Å²) in [6, 6.07) is 7.63. The zero-order chi connectivity index (χ0) is 23.6. The molecular weight excluding hydrogens is 464 g/mol. The minimum absolute atomic E-state index is 0.0573. The Bertz CT molecular complexity index is 1210. The van der Waals surface area contributed by atoms with Gasteiger partial charge in [0.25, 0.3) is 0 Å². The van der Waals surface area contributed by atoms with Crippen molar-refractivity contribution in [2.24, 2.45) is 0 Å². The van der Waals surface area contributed by atoms with E-state index in [1.165, 1.54) is 15.6 Å². The van der Waals surface area contributed by atoms with Crippen LogP contribution in [0, 0.1) is 13.8 Å². The molecule has 176 valence electrons. The number of thiazole rings is 1. The van der Waals surface area contributed by atoms with Crippen molar-refractivity contribution in [3.8, 4) is 16.3 Å². The van der Waals surface area contributed by atoms with E-state index in [2.05, 4.69) is 10.1 Å². The van der Waals surface area contributed by atoms with Crippen molar-refractivity contribution in [3.05, 3.63) is 46.8 Å². The van der Waals surface area contributed by atoms with Crippen molar-refractivity contribution >= 4 is 27.3 Å². The Hall–Kier alpha value is -2.76. The number of nitrogens with zero attached hydrogens (tertiary/aromatic N) is 4. The van der Waals surface area contributed by atoms with E-state index in [1.807, 2.05) is 29.6 Å². The summed E-state index contributed by atoms with van der Waals surface area (Å²) in [5.74, 6) is 0.997. The Morgan fingerprint density at radius 2 is 1.91 bits per heavy atom. The second kappa shape index (κ2) is 9.62. The number of aryl methyl sites for hydroxylation is 2. The molecule has 0 N–H and O–H groups in total. The highest BCUT2D eigenvalue weighted by molar-refractivity contribution is 7.89. The molecule has 0 radical (unpaired) electrons. The SMILES string of the molecule is COc1ccc(-c2nc(CC(=O)N3CCCN(S(=O)(=O)c4c(C)noc4C)CC3)cs2)cc1. The number of methoxy groups -OCH3 is 1. The summed E-state index contributed by atoms with van der Waals surface area (Å²) in [6.07, 6.45) is 0.742. The molecule has 4 rings (SSSR count). The molecule has 1 aliphatic rings. The maximum atomic E-state index is 13.1. The number of sulfonamides is 1. The normalized spacial score (nSPS) is 15.4. The lowest BCUT2D eigenvalue weighted by Gasteiger charge is -2.21. The Labute approximate surface area is 197 Å². The highest BCUT2D eigenvalue weighted by Gasteiger charge is 2.33. The van der Waals surface area contributed by atoms with Crippen LogP contribution >= 0.6 is 11.3 Å². The van der Waals surface area contributed by atoms with Gasteiger partial charge in [0.05, 0.1) is 19.2 Å². The van der Waals surface area contributed by atoms with Gasteiger partial charge in [0.2, 0.25) is 15.9 Å². The molecule has 1 amide bonds. The molecule has 1 aliphatic heterocycles. The quantitative estimate of drug-likeness (QED) is 0.523. The number of hydrogen-bond donors (Lipinski definition) is 0. The molecule has 3 heterocycles. The molecule has 0 atom stereocenters. The zero-order valence-electron chi connectivity index (χ0n) is 18.8. The number of benzene rings is 1. The molecule has 9 nitrogen and oxygen atoms in total. The van der Waals surface area contributed by atoms with Gasteiger partial charge in [-0.3, -0.25) is 4.79 Å². The van der Waals surface area contributed by atoms with E-state index in [0.29, 0.717) is 37.4 Å². The number of aromatic nitrogens is 2. The molecule has 3 aromatic rings. The molecule has 1 fully saturated rings. The maximum Gasteiger partial charge on any atom is 0.248 e. The highest BCUT2D eigenvalue weighted by atomic mass is 32.2. The summed E-state index contributed by atoms with van der Waals surface area (Å²) >= 11 is 1.49. The third-order valence-corrected chi connectivity index (χ3v) is 8.68. The lowest BCUT2D eigenvalue weighted by Crippen LogP contribution is -2.38. The van der Waals surface area contributed by atoms with Gasteiger partial charge in [-0.25, -0.2) is 13.4 Å². The third kappa shape index (κ3) is 4.94. The van der Waals surface area contributed by atoms with Crippen LogP contribution in [0.15, 0.2) is 39.1 Å². The smallest absolute Gasteiger partial charge is 0.248 e. The van der Waals surface area contributed by atoms with Gasteiger partial charge in [-0.15, -0.1) is 11.3 Å².